The van der Waals surface area contributed by atoms with Crippen LogP contribution in [-0.4, -0.2) is 25.0 Å². The van der Waals surface area contributed by atoms with Crippen LogP contribution in [0.3, 0.4) is 0 Å². The lowest BCUT2D eigenvalue weighted by molar-refractivity contribution is 1.50. The molecule has 5 aromatic carbocycles. The van der Waals surface area contributed by atoms with Gasteiger partial charge in [0.05, 0.1) is 0 Å². The Morgan fingerprint density at radius 3 is 0.574 bits per heavy atom. The van der Waals surface area contributed by atoms with E-state index in [1.807, 2.05) is 134 Å². The summed E-state index contributed by atoms with van der Waals surface area (Å²) in [6.07, 6.45) is 7.83. The molecule has 0 nitrogen and oxygen atoms in total. The summed E-state index contributed by atoms with van der Waals surface area (Å²) < 4.78 is 0. The molecular weight excluding hydrogens is 729 g/mol. The van der Waals surface area contributed by atoms with Crippen molar-refractivity contribution in [2.24, 2.45) is 0 Å². The molecule has 0 aliphatic carbocycles. The van der Waals surface area contributed by atoms with Gasteiger partial charge in [-0.15, -0.1) is 0 Å². The molecule has 0 radical (unpaired) electrons. The van der Waals surface area contributed by atoms with Gasteiger partial charge in [-0.1, -0.05) is 118 Å². The lowest BCUT2D eigenvalue weighted by Crippen LogP contribution is -1.93. The Balaban J connectivity index is 1.63. The molecule has 0 heterocycles. The second kappa shape index (κ2) is 21.5. The van der Waals surface area contributed by atoms with Crippen LogP contribution in [0.1, 0.15) is 66.8 Å². The average Bonchev–Trinajstić information content (AvgIpc) is 3.22. The number of thioether (sulfide) groups is 4. The lowest BCUT2D eigenvalue weighted by Gasteiger charge is -2.04. The summed E-state index contributed by atoms with van der Waals surface area (Å²) in [5.74, 6) is 39.4. The minimum absolute atomic E-state index is 0.755. The molecule has 254 valence electrons. The predicted molar refractivity (Wildman–Crippen MR) is 238 cm³/mol. The standard InChI is InChI=1S/C50H30S4/c1-51-33-29-43-13-5-39(6-14-43)21-25-47-37-49(27-23-41-9-17-45(18-10-41)31-35-53-3)50(28-24-42-11-19-46(20-12-42)32-36-54-4)38-48(47)26-22-40-7-15-44(16-8-40)30-34-52-2/h5-20,37-38H,1-4H3. The summed E-state index contributed by atoms with van der Waals surface area (Å²) in [5.41, 5.74) is 10.3. The first-order valence-electron chi connectivity index (χ1n) is 16.4. The zero-order valence-corrected chi connectivity index (χ0v) is 33.3. The highest BCUT2D eigenvalue weighted by molar-refractivity contribution is 8.03. The smallest absolute Gasteiger partial charge is 0.0419 e. The van der Waals surface area contributed by atoms with E-state index in [-0.39, 0.29) is 0 Å². The van der Waals surface area contributed by atoms with Crippen molar-refractivity contribution in [3.63, 3.8) is 0 Å². The molecule has 0 N–H and O–H groups in total. The summed E-state index contributed by atoms with van der Waals surface area (Å²) in [7, 11) is 0. The van der Waals surface area contributed by atoms with Gasteiger partial charge >= 0.3 is 0 Å². The Labute approximate surface area is 337 Å². The Bertz CT molecular complexity index is 2270. The van der Waals surface area contributed by atoms with E-state index in [0.717, 1.165) is 66.8 Å². The van der Waals surface area contributed by atoms with Crippen LogP contribution in [0.15, 0.2) is 109 Å². The van der Waals surface area contributed by atoms with Crippen molar-refractivity contribution in [2.75, 3.05) is 25.0 Å². The van der Waals surface area contributed by atoms with Crippen molar-refractivity contribution < 1.29 is 0 Å². The van der Waals surface area contributed by atoms with E-state index < -0.39 is 0 Å². The first-order valence-corrected chi connectivity index (χ1v) is 21.3. The molecule has 0 amide bonds. The molecule has 0 aromatic heterocycles. The fourth-order valence-electron chi connectivity index (χ4n) is 4.56. The van der Waals surface area contributed by atoms with Gasteiger partial charge in [0.2, 0.25) is 0 Å². The van der Waals surface area contributed by atoms with Crippen LogP contribution in [0.2, 0.25) is 0 Å². The maximum atomic E-state index is 3.39. The SMILES string of the molecule is CSC#Cc1ccc(C#Cc2cc(C#Cc3ccc(C#CSC)cc3)c(C#Cc3ccc(C#CSC)cc3)cc2C#Cc2ccc(C#CSC)cc2)cc1. The molecule has 0 aliphatic heterocycles. The molecule has 0 unspecified atom stereocenters. The zero-order chi connectivity index (χ0) is 37.8. The van der Waals surface area contributed by atoms with E-state index in [0.29, 0.717) is 0 Å². The van der Waals surface area contributed by atoms with E-state index in [2.05, 4.69) is 92.1 Å². The van der Waals surface area contributed by atoms with Crippen LogP contribution >= 0.6 is 47.0 Å². The van der Waals surface area contributed by atoms with Crippen LogP contribution in [0, 0.1) is 92.1 Å². The fraction of sp³-hybridized carbons (Fsp3) is 0.0800. The fourth-order valence-corrected chi connectivity index (χ4v) is 5.44. The summed E-state index contributed by atoms with van der Waals surface area (Å²) in [6.45, 7) is 0. The molecule has 0 spiro atoms. The van der Waals surface area contributed by atoms with Crippen molar-refractivity contribution in [1.29, 1.82) is 0 Å². The number of hydrogen-bond acceptors (Lipinski definition) is 4. The summed E-state index contributed by atoms with van der Waals surface area (Å²) >= 11 is 5.95. The highest BCUT2D eigenvalue weighted by atomic mass is 32.2. The monoisotopic (exact) mass is 758 g/mol. The van der Waals surface area contributed by atoms with Gasteiger partial charge < -0.3 is 0 Å². The third-order valence-corrected chi connectivity index (χ3v) is 8.48. The first kappa shape index (κ1) is 39.2. The largest absolute Gasteiger partial charge is 0.0781 e. The molecule has 0 atom stereocenters. The summed E-state index contributed by atoms with van der Waals surface area (Å²) in [4.78, 5) is 0. The van der Waals surface area contributed by atoms with Crippen LogP contribution in [-0.2, 0) is 0 Å². The molecule has 0 fully saturated rings. The van der Waals surface area contributed by atoms with E-state index in [9.17, 15) is 0 Å². The van der Waals surface area contributed by atoms with Crippen molar-refractivity contribution >= 4 is 47.0 Å². The van der Waals surface area contributed by atoms with Crippen molar-refractivity contribution in [3.05, 3.63) is 176 Å². The second-order valence-electron chi connectivity index (χ2n) is 11.0. The third kappa shape index (κ3) is 12.6. The number of benzene rings is 5. The summed E-state index contributed by atoms with van der Waals surface area (Å²) in [5, 5.41) is 12.1. The van der Waals surface area contributed by atoms with Crippen LogP contribution in [0.4, 0.5) is 0 Å². The van der Waals surface area contributed by atoms with E-state index in [1.165, 1.54) is 47.0 Å². The van der Waals surface area contributed by atoms with Crippen LogP contribution in [0.5, 0.6) is 0 Å². The van der Waals surface area contributed by atoms with Gasteiger partial charge in [-0.05, 0) is 155 Å². The molecule has 0 saturated heterocycles. The van der Waals surface area contributed by atoms with Gasteiger partial charge in [0.1, 0.15) is 0 Å². The Morgan fingerprint density at radius 2 is 0.407 bits per heavy atom. The maximum absolute atomic E-state index is 3.39. The van der Waals surface area contributed by atoms with Gasteiger partial charge in [0.15, 0.2) is 0 Å². The van der Waals surface area contributed by atoms with E-state index >= 15 is 0 Å². The second-order valence-corrected chi connectivity index (χ2v) is 13.4. The first-order chi connectivity index (χ1) is 26.6. The van der Waals surface area contributed by atoms with Gasteiger partial charge in [0.25, 0.3) is 0 Å². The van der Waals surface area contributed by atoms with E-state index in [4.69, 9.17) is 0 Å². The van der Waals surface area contributed by atoms with Gasteiger partial charge in [0, 0.05) is 66.8 Å². The lowest BCUT2D eigenvalue weighted by atomic mass is 9.97. The average molecular weight is 759 g/mol. The molecule has 0 aliphatic rings. The molecular formula is C50H30S4. The van der Waals surface area contributed by atoms with Crippen molar-refractivity contribution in [3.8, 4) is 92.1 Å². The molecule has 5 rings (SSSR count). The minimum atomic E-state index is 0.755. The molecule has 0 saturated carbocycles. The quantitative estimate of drug-likeness (QED) is 0.144. The number of rotatable bonds is 0. The normalized spacial score (nSPS) is 8.96. The van der Waals surface area contributed by atoms with Crippen molar-refractivity contribution in [1.82, 2.24) is 0 Å². The Hall–Kier alpha value is -6.02. The Kier molecular flexibility index (Phi) is 15.6. The topological polar surface area (TPSA) is 0 Å². The maximum Gasteiger partial charge on any atom is 0.0419 e. The summed E-state index contributed by atoms with van der Waals surface area (Å²) in [6, 6.07) is 35.7. The Morgan fingerprint density at radius 1 is 0.241 bits per heavy atom. The highest BCUT2D eigenvalue weighted by Gasteiger charge is 2.07. The van der Waals surface area contributed by atoms with Crippen LogP contribution < -0.4 is 0 Å². The third-order valence-electron chi connectivity index (χ3n) is 7.25. The number of hydrogen-bond donors (Lipinski definition) is 0. The van der Waals surface area contributed by atoms with Crippen molar-refractivity contribution in [2.45, 2.75) is 0 Å². The van der Waals surface area contributed by atoms with Gasteiger partial charge in [-0.2, -0.15) is 0 Å². The zero-order valence-electron chi connectivity index (χ0n) is 30.0. The van der Waals surface area contributed by atoms with Crippen LogP contribution in [0.25, 0.3) is 0 Å². The van der Waals surface area contributed by atoms with Gasteiger partial charge in [-0.3, -0.25) is 0 Å². The molecule has 4 heteroatoms. The molecule has 5 aromatic rings. The van der Waals surface area contributed by atoms with Gasteiger partial charge in [-0.25, -0.2) is 0 Å². The molecule has 54 heavy (non-hydrogen) atoms. The minimum Gasteiger partial charge on any atom is -0.0781 e. The highest BCUT2D eigenvalue weighted by Crippen LogP contribution is 2.18. The predicted octanol–water partition coefficient (Wildman–Crippen LogP) is 9.97. The van der Waals surface area contributed by atoms with E-state index in [1.54, 1.807) is 0 Å². The molecule has 0 bridgehead atoms.